The molecule has 0 saturated carbocycles. The molecule has 2 heterocycles. The second kappa shape index (κ2) is 13.8. The molecule has 278 valence electrons. The molecule has 2 aromatic heterocycles. The summed E-state index contributed by atoms with van der Waals surface area (Å²) < 4.78 is 0. The first-order valence-electron chi connectivity index (χ1n) is 20.4. The van der Waals surface area contributed by atoms with Crippen LogP contribution in [0.1, 0.15) is 0 Å². The molecule has 0 aliphatic heterocycles. The van der Waals surface area contributed by atoms with Crippen molar-refractivity contribution < 1.29 is 0 Å². The summed E-state index contributed by atoms with van der Waals surface area (Å²) in [5.41, 5.74) is 9.29. The van der Waals surface area contributed by atoms with Crippen molar-refractivity contribution in [2.75, 3.05) is 0 Å². The SMILES string of the molecule is c1cncc(-c2cccc(-c3nc(-c4ccc(-c5cc6ccccc6c6ccccc56)cc4)cc(-c4cc5c6ccccc6c6ccccc6c5c5ccccc45)n3)c2)c1. The number of fused-ring (bicyclic) bond motifs is 11. The van der Waals surface area contributed by atoms with E-state index >= 15 is 0 Å². The van der Waals surface area contributed by atoms with Gasteiger partial charge in [0, 0.05) is 34.6 Å². The summed E-state index contributed by atoms with van der Waals surface area (Å²) in [6.45, 7) is 0. The van der Waals surface area contributed by atoms with E-state index in [1.54, 1.807) is 6.20 Å². The van der Waals surface area contributed by atoms with Crippen LogP contribution in [0.4, 0.5) is 0 Å². The van der Waals surface area contributed by atoms with Crippen LogP contribution in [0.15, 0.2) is 213 Å². The van der Waals surface area contributed by atoms with Crippen LogP contribution in [0.5, 0.6) is 0 Å². The number of rotatable bonds is 5. The molecule has 0 bridgehead atoms. The van der Waals surface area contributed by atoms with Gasteiger partial charge in [0.25, 0.3) is 0 Å². The van der Waals surface area contributed by atoms with E-state index in [1.807, 2.05) is 12.3 Å². The zero-order valence-electron chi connectivity index (χ0n) is 32.5. The molecule has 3 heteroatoms. The molecule has 0 amide bonds. The van der Waals surface area contributed by atoms with Crippen LogP contribution < -0.4 is 0 Å². The van der Waals surface area contributed by atoms with Gasteiger partial charge in [-0.1, -0.05) is 170 Å². The fourth-order valence-electron chi connectivity index (χ4n) is 9.33. The van der Waals surface area contributed by atoms with Crippen LogP contribution in [0.3, 0.4) is 0 Å². The Bertz CT molecular complexity index is 3650. The maximum absolute atomic E-state index is 5.44. The summed E-state index contributed by atoms with van der Waals surface area (Å²) in [7, 11) is 0. The minimum atomic E-state index is 0.672. The Morgan fingerprint density at radius 1 is 0.283 bits per heavy atom. The number of pyridine rings is 1. The van der Waals surface area contributed by atoms with E-state index in [4.69, 9.17) is 9.97 Å². The van der Waals surface area contributed by atoms with Gasteiger partial charge in [-0.25, -0.2) is 9.97 Å². The standard InChI is InChI=1S/C57H35N3/c1-2-17-42-39(13-1)32-51(46-21-5-3-18-43(42)46)36-26-28-37(29-27-36)54-34-55(60-57(59-54)40-15-11-14-38(31-40)41-16-12-30-58-35-41)52-33-53-47-22-6-4-19-44(47)45-20-7-9-24-49(45)56(53)50-25-10-8-23-48(50)52/h1-35H. The maximum atomic E-state index is 5.44. The lowest BCUT2D eigenvalue weighted by atomic mass is 9.88. The Hall–Kier alpha value is -8.01. The Balaban J connectivity index is 1.09. The molecule has 0 aliphatic carbocycles. The Morgan fingerprint density at radius 2 is 0.817 bits per heavy atom. The molecule has 0 saturated heterocycles. The van der Waals surface area contributed by atoms with Crippen molar-refractivity contribution in [3.8, 4) is 56.2 Å². The first kappa shape index (κ1) is 34.1. The molecule has 0 radical (unpaired) electrons. The molecular formula is C57H35N3. The van der Waals surface area contributed by atoms with Gasteiger partial charge in [0.2, 0.25) is 0 Å². The normalized spacial score (nSPS) is 11.7. The molecule has 10 aromatic carbocycles. The summed E-state index contributed by atoms with van der Waals surface area (Å²) in [5, 5.41) is 14.8. The summed E-state index contributed by atoms with van der Waals surface area (Å²) >= 11 is 0. The van der Waals surface area contributed by atoms with Crippen LogP contribution in [-0.4, -0.2) is 15.0 Å². The van der Waals surface area contributed by atoms with Crippen molar-refractivity contribution in [3.63, 3.8) is 0 Å². The Labute approximate surface area is 346 Å². The van der Waals surface area contributed by atoms with Crippen molar-refractivity contribution in [1.29, 1.82) is 0 Å². The minimum Gasteiger partial charge on any atom is -0.264 e. The summed E-state index contributed by atoms with van der Waals surface area (Å²) in [4.78, 5) is 15.2. The lowest BCUT2D eigenvalue weighted by molar-refractivity contribution is 1.19. The Kier molecular flexibility index (Phi) is 7.85. The molecule has 0 fully saturated rings. The number of benzene rings is 10. The highest BCUT2D eigenvalue weighted by molar-refractivity contribution is 6.33. The monoisotopic (exact) mass is 761 g/mol. The van der Waals surface area contributed by atoms with Gasteiger partial charge in [-0.15, -0.1) is 0 Å². The van der Waals surface area contributed by atoms with Crippen molar-refractivity contribution >= 4 is 64.6 Å². The van der Waals surface area contributed by atoms with Crippen LogP contribution in [-0.2, 0) is 0 Å². The van der Waals surface area contributed by atoms with E-state index < -0.39 is 0 Å². The van der Waals surface area contributed by atoms with Gasteiger partial charge in [0.15, 0.2) is 5.82 Å². The average Bonchev–Trinajstić information content (AvgIpc) is 3.33. The Morgan fingerprint density at radius 3 is 1.53 bits per heavy atom. The molecule has 0 unspecified atom stereocenters. The maximum Gasteiger partial charge on any atom is 0.160 e. The van der Waals surface area contributed by atoms with Crippen molar-refractivity contribution in [2.24, 2.45) is 0 Å². The largest absolute Gasteiger partial charge is 0.264 e. The predicted molar refractivity (Wildman–Crippen MR) is 252 cm³/mol. The van der Waals surface area contributed by atoms with E-state index in [0.29, 0.717) is 5.82 Å². The summed E-state index contributed by atoms with van der Waals surface area (Å²) in [6.07, 6.45) is 3.71. The predicted octanol–water partition coefficient (Wildman–Crippen LogP) is 15.1. The zero-order valence-corrected chi connectivity index (χ0v) is 32.5. The third kappa shape index (κ3) is 5.55. The highest BCUT2D eigenvalue weighted by Gasteiger charge is 2.18. The van der Waals surface area contributed by atoms with E-state index in [2.05, 4.69) is 199 Å². The summed E-state index contributed by atoms with van der Waals surface area (Å²) in [6, 6.07) is 72.0. The highest BCUT2D eigenvalue weighted by Crippen LogP contribution is 2.43. The van der Waals surface area contributed by atoms with Gasteiger partial charge in [0.05, 0.1) is 11.4 Å². The van der Waals surface area contributed by atoms with Crippen molar-refractivity contribution in [1.82, 2.24) is 15.0 Å². The highest BCUT2D eigenvalue weighted by atomic mass is 14.9. The number of aromatic nitrogens is 3. The smallest absolute Gasteiger partial charge is 0.160 e. The molecule has 0 N–H and O–H groups in total. The number of nitrogens with zero attached hydrogens (tertiary/aromatic N) is 3. The second-order valence-electron chi connectivity index (χ2n) is 15.5. The second-order valence-corrected chi connectivity index (χ2v) is 15.5. The fraction of sp³-hybridized carbons (Fsp3) is 0. The number of hydrogen-bond acceptors (Lipinski definition) is 3. The molecule has 12 rings (SSSR count). The van der Waals surface area contributed by atoms with Crippen molar-refractivity contribution in [3.05, 3.63) is 213 Å². The van der Waals surface area contributed by atoms with Gasteiger partial charge in [-0.3, -0.25) is 4.98 Å². The summed E-state index contributed by atoms with van der Waals surface area (Å²) in [5.74, 6) is 0.672. The van der Waals surface area contributed by atoms with Gasteiger partial charge in [-0.05, 0) is 112 Å². The van der Waals surface area contributed by atoms with Crippen LogP contribution in [0, 0.1) is 0 Å². The van der Waals surface area contributed by atoms with Gasteiger partial charge in [-0.2, -0.15) is 0 Å². The van der Waals surface area contributed by atoms with Crippen molar-refractivity contribution in [2.45, 2.75) is 0 Å². The molecule has 12 aromatic rings. The van der Waals surface area contributed by atoms with Crippen LogP contribution in [0.2, 0.25) is 0 Å². The van der Waals surface area contributed by atoms with E-state index in [9.17, 15) is 0 Å². The molecule has 0 atom stereocenters. The first-order valence-corrected chi connectivity index (χ1v) is 20.4. The average molecular weight is 762 g/mol. The lowest BCUT2D eigenvalue weighted by Gasteiger charge is -2.17. The molecule has 60 heavy (non-hydrogen) atoms. The third-order valence-electron chi connectivity index (χ3n) is 12.1. The third-order valence-corrected chi connectivity index (χ3v) is 12.1. The molecule has 3 nitrogen and oxygen atoms in total. The minimum absolute atomic E-state index is 0.672. The van der Waals surface area contributed by atoms with Gasteiger partial charge < -0.3 is 0 Å². The number of hydrogen-bond donors (Lipinski definition) is 0. The van der Waals surface area contributed by atoms with Crippen LogP contribution in [0.25, 0.3) is 121 Å². The topological polar surface area (TPSA) is 38.7 Å². The van der Waals surface area contributed by atoms with E-state index in [0.717, 1.165) is 44.6 Å². The van der Waals surface area contributed by atoms with E-state index in [1.165, 1.54) is 70.4 Å². The molecular weight excluding hydrogens is 727 g/mol. The molecule has 0 aliphatic rings. The molecule has 0 spiro atoms. The quantitative estimate of drug-likeness (QED) is 0.164. The van der Waals surface area contributed by atoms with Gasteiger partial charge in [0.1, 0.15) is 0 Å². The first-order chi connectivity index (χ1) is 29.7. The van der Waals surface area contributed by atoms with Crippen LogP contribution >= 0.6 is 0 Å². The lowest BCUT2D eigenvalue weighted by Crippen LogP contribution is -1.97. The van der Waals surface area contributed by atoms with E-state index in [-0.39, 0.29) is 0 Å². The zero-order chi connectivity index (χ0) is 39.6. The fourth-order valence-corrected chi connectivity index (χ4v) is 9.33. The van der Waals surface area contributed by atoms with Gasteiger partial charge >= 0.3 is 0 Å².